The molecule has 4 heteroatoms. The highest BCUT2D eigenvalue weighted by Gasteiger charge is 2.24. The summed E-state index contributed by atoms with van der Waals surface area (Å²) < 4.78 is 0. The van der Waals surface area contributed by atoms with E-state index in [0.717, 1.165) is 19.4 Å². The van der Waals surface area contributed by atoms with Crippen LogP contribution in [0, 0.1) is 6.92 Å². The summed E-state index contributed by atoms with van der Waals surface area (Å²) >= 11 is 1.81. The second-order valence-electron chi connectivity index (χ2n) is 4.87. The van der Waals surface area contributed by atoms with Crippen LogP contribution >= 0.6 is 11.3 Å². The minimum absolute atomic E-state index is 0.0754. The van der Waals surface area contributed by atoms with Crippen molar-refractivity contribution in [1.82, 2.24) is 4.90 Å². The molecule has 0 amide bonds. The fourth-order valence-corrected chi connectivity index (χ4v) is 3.39. The first-order chi connectivity index (χ1) is 8.60. The summed E-state index contributed by atoms with van der Waals surface area (Å²) in [7, 11) is 0. The molecule has 0 aliphatic carbocycles. The average Bonchev–Trinajstić information content (AvgIpc) is 2.72. The standard InChI is InChI=1S/C14H26N2OS/c1-4-5-8-16(9-10-17)14(12(3)15)13-7-6-11(2)18-13/h6-7,12,14,17H,4-5,8-10,15H2,1-3H3. The molecule has 3 nitrogen and oxygen atoms in total. The summed E-state index contributed by atoms with van der Waals surface area (Å²) in [5.41, 5.74) is 6.16. The van der Waals surface area contributed by atoms with Crippen LogP contribution in [-0.2, 0) is 0 Å². The van der Waals surface area contributed by atoms with E-state index in [1.807, 2.05) is 11.3 Å². The van der Waals surface area contributed by atoms with Crippen molar-refractivity contribution >= 4 is 11.3 Å². The van der Waals surface area contributed by atoms with Gasteiger partial charge in [-0.05, 0) is 38.9 Å². The molecule has 3 N–H and O–H groups in total. The van der Waals surface area contributed by atoms with Crippen LogP contribution in [0.25, 0.3) is 0 Å². The lowest BCUT2D eigenvalue weighted by molar-refractivity contribution is 0.137. The predicted molar refractivity (Wildman–Crippen MR) is 79.0 cm³/mol. The van der Waals surface area contributed by atoms with Crippen molar-refractivity contribution in [2.45, 2.75) is 45.7 Å². The Labute approximate surface area is 115 Å². The Balaban J connectivity index is 2.85. The first-order valence-electron chi connectivity index (χ1n) is 6.77. The Kier molecular flexibility index (Phi) is 6.86. The highest BCUT2D eigenvalue weighted by Crippen LogP contribution is 2.29. The summed E-state index contributed by atoms with van der Waals surface area (Å²) in [6.45, 7) is 8.25. The van der Waals surface area contributed by atoms with E-state index in [1.54, 1.807) is 0 Å². The topological polar surface area (TPSA) is 49.5 Å². The van der Waals surface area contributed by atoms with Gasteiger partial charge in [0.05, 0.1) is 12.6 Å². The Morgan fingerprint density at radius 2 is 2.11 bits per heavy atom. The zero-order valence-corrected chi connectivity index (χ0v) is 12.5. The van der Waals surface area contributed by atoms with Crippen molar-refractivity contribution in [3.63, 3.8) is 0 Å². The van der Waals surface area contributed by atoms with Crippen LogP contribution in [0.2, 0.25) is 0 Å². The van der Waals surface area contributed by atoms with E-state index >= 15 is 0 Å². The van der Waals surface area contributed by atoms with Crippen LogP contribution in [0.15, 0.2) is 12.1 Å². The highest BCUT2D eigenvalue weighted by atomic mass is 32.1. The maximum absolute atomic E-state index is 9.24. The van der Waals surface area contributed by atoms with Crippen molar-refractivity contribution in [2.24, 2.45) is 5.73 Å². The summed E-state index contributed by atoms with van der Waals surface area (Å²) in [6, 6.07) is 4.62. The van der Waals surface area contributed by atoms with Crippen LogP contribution < -0.4 is 5.73 Å². The molecule has 0 aliphatic rings. The molecular weight excluding hydrogens is 244 g/mol. The second-order valence-corrected chi connectivity index (χ2v) is 6.18. The molecule has 0 fully saturated rings. The number of nitrogens with zero attached hydrogens (tertiary/aromatic N) is 1. The lowest BCUT2D eigenvalue weighted by Crippen LogP contribution is -2.41. The van der Waals surface area contributed by atoms with Gasteiger partial charge in [0.2, 0.25) is 0 Å². The minimum atomic E-state index is 0.0754. The molecule has 0 radical (unpaired) electrons. The Hall–Kier alpha value is -0.420. The van der Waals surface area contributed by atoms with Crippen LogP contribution in [0.3, 0.4) is 0 Å². The third kappa shape index (κ3) is 4.35. The fraction of sp³-hybridized carbons (Fsp3) is 0.714. The smallest absolute Gasteiger partial charge is 0.0591 e. The van der Waals surface area contributed by atoms with Gasteiger partial charge in [-0.2, -0.15) is 0 Å². The molecule has 0 saturated carbocycles. The molecular formula is C14H26N2OS. The first-order valence-corrected chi connectivity index (χ1v) is 7.58. The average molecular weight is 270 g/mol. The third-order valence-electron chi connectivity index (χ3n) is 3.13. The normalized spacial score (nSPS) is 15.0. The lowest BCUT2D eigenvalue weighted by Gasteiger charge is -2.33. The second kappa shape index (κ2) is 7.89. The maximum atomic E-state index is 9.24. The molecule has 2 unspecified atom stereocenters. The predicted octanol–water partition coefficient (Wildman–Crippen LogP) is 2.54. The maximum Gasteiger partial charge on any atom is 0.0591 e. The molecule has 0 spiro atoms. The van der Waals surface area contributed by atoms with Crippen molar-refractivity contribution < 1.29 is 5.11 Å². The van der Waals surface area contributed by atoms with Gasteiger partial charge < -0.3 is 10.8 Å². The number of aryl methyl sites for hydroxylation is 1. The number of rotatable bonds is 8. The summed E-state index contributed by atoms with van der Waals surface area (Å²) in [4.78, 5) is 4.95. The van der Waals surface area contributed by atoms with Gasteiger partial charge in [-0.15, -0.1) is 11.3 Å². The third-order valence-corrected chi connectivity index (χ3v) is 4.20. The highest BCUT2D eigenvalue weighted by molar-refractivity contribution is 7.12. The Bertz CT molecular complexity index is 338. The summed E-state index contributed by atoms with van der Waals surface area (Å²) in [6.07, 6.45) is 2.31. The van der Waals surface area contributed by atoms with Crippen LogP contribution in [0.5, 0.6) is 0 Å². The van der Waals surface area contributed by atoms with Crippen LogP contribution in [0.1, 0.15) is 42.5 Å². The van der Waals surface area contributed by atoms with E-state index < -0.39 is 0 Å². The van der Waals surface area contributed by atoms with Gasteiger partial charge in [-0.1, -0.05) is 13.3 Å². The molecule has 0 aromatic carbocycles. The largest absolute Gasteiger partial charge is 0.395 e. The molecule has 0 aliphatic heterocycles. The van der Waals surface area contributed by atoms with Crippen molar-refractivity contribution in [2.75, 3.05) is 19.7 Å². The van der Waals surface area contributed by atoms with Gasteiger partial charge in [0.1, 0.15) is 0 Å². The van der Waals surface area contributed by atoms with Crippen molar-refractivity contribution in [3.8, 4) is 0 Å². The Morgan fingerprint density at radius 1 is 1.39 bits per heavy atom. The lowest BCUT2D eigenvalue weighted by atomic mass is 10.1. The van der Waals surface area contributed by atoms with E-state index in [0.29, 0.717) is 6.54 Å². The number of hydrogen-bond acceptors (Lipinski definition) is 4. The van der Waals surface area contributed by atoms with E-state index in [-0.39, 0.29) is 18.7 Å². The van der Waals surface area contributed by atoms with E-state index in [2.05, 4.69) is 37.8 Å². The molecule has 1 aromatic heterocycles. The quantitative estimate of drug-likeness (QED) is 0.763. The number of aliphatic hydroxyl groups is 1. The van der Waals surface area contributed by atoms with Gasteiger partial charge in [0, 0.05) is 22.3 Å². The minimum Gasteiger partial charge on any atom is -0.395 e. The first kappa shape index (κ1) is 15.6. The molecule has 1 heterocycles. The van der Waals surface area contributed by atoms with Gasteiger partial charge in [0.25, 0.3) is 0 Å². The molecule has 18 heavy (non-hydrogen) atoms. The molecule has 1 rings (SSSR count). The van der Waals surface area contributed by atoms with Crippen molar-refractivity contribution in [3.05, 3.63) is 21.9 Å². The number of hydrogen-bond donors (Lipinski definition) is 2. The summed E-state index contributed by atoms with van der Waals surface area (Å²) in [5, 5.41) is 9.24. The van der Waals surface area contributed by atoms with Gasteiger partial charge in [-0.3, -0.25) is 4.90 Å². The zero-order valence-electron chi connectivity index (χ0n) is 11.7. The van der Waals surface area contributed by atoms with Crippen molar-refractivity contribution in [1.29, 1.82) is 0 Å². The van der Waals surface area contributed by atoms with E-state index in [9.17, 15) is 5.11 Å². The fourth-order valence-electron chi connectivity index (χ4n) is 2.26. The Morgan fingerprint density at radius 3 is 2.56 bits per heavy atom. The molecule has 1 aromatic rings. The summed E-state index contributed by atoms with van der Waals surface area (Å²) in [5.74, 6) is 0. The number of unbranched alkanes of at least 4 members (excludes halogenated alkanes) is 1. The SMILES string of the molecule is CCCCN(CCO)C(c1ccc(C)s1)C(C)N. The van der Waals surface area contributed by atoms with Gasteiger partial charge in [0.15, 0.2) is 0 Å². The van der Waals surface area contributed by atoms with Crippen LogP contribution in [-0.4, -0.2) is 35.7 Å². The molecule has 0 bridgehead atoms. The number of nitrogens with two attached hydrogens (primary N) is 1. The van der Waals surface area contributed by atoms with E-state index in [1.165, 1.54) is 9.75 Å². The van der Waals surface area contributed by atoms with Gasteiger partial charge >= 0.3 is 0 Å². The molecule has 0 saturated heterocycles. The van der Waals surface area contributed by atoms with Crippen LogP contribution in [0.4, 0.5) is 0 Å². The molecule has 2 atom stereocenters. The number of thiophene rings is 1. The molecule has 104 valence electrons. The van der Waals surface area contributed by atoms with Gasteiger partial charge in [-0.25, -0.2) is 0 Å². The zero-order chi connectivity index (χ0) is 13.5. The number of aliphatic hydroxyl groups excluding tert-OH is 1. The monoisotopic (exact) mass is 270 g/mol. The van der Waals surface area contributed by atoms with E-state index in [4.69, 9.17) is 5.73 Å².